The second-order valence-corrected chi connectivity index (χ2v) is 6.08. The summed E-state index contributed by atoms with van der Waals surface area (Å²) in [6.07, 6.45) is 0.818. The number of carbonyl (C=O) groups is 1. The van der Waals surface area contributed by atoms with Gasteiger partial charge in [0, 0.05) is 25.9 Å². The summed E-state index contributed by atoms with van der Waals surface area (Å²) in [6.45, 7) is 3.04. The summed E-state index contributed by atoms with van der Waals surface area (Å²) in [7, 11) is 3.30. The summed E-state index contributed by atoms with van der Waals surface area (Å²) in [5.41, 5.74) is 3.63. The van der Waals surface area contributed by atoms with Crippen LogP contribution >= 0.6 is 0 Å². The van der Waals surface area contributed by atoms with Crippen molar-refractivity contribution >= 4 is 5.91 Å². The van der Waals surface area contributed by atoms with E-state index >= 15 is 0 Å². The van der Waals surface area contributed by atoms with Crippen LogP contribution in [0.2, 0.25) is 0 Å². The highest BCUT2D eigenvalue weighted by atomic mass is 16.5. The van der Waals surface area contributed by atoms with Crippen molar-refractivity contribution in [2.75, 3.05) is 27.3 Å². The van der Waals surface area contributed by atoms with E-state index in [9.17, 15) is 4.79 Å². The summed E-state index contributed by atoms with van der Waals surface area (Å²) in [6, 6.07) is 14.4. The number of hydrogen-bond donors (Lipinski definition) is 0. The van der Waals surface area contributed by atoms with Gasteiger partial charge in [0.2, 0.25) is 5.91 Å². The van der Waals surface area contributed by atoms with Crippen molar-refractivity contribution < 1.29 is 14.3 Å². The van der Waals surface area contributed by atoms with Crippen LogP contribution in [0.25, 0.3) is 0 Å². The van der Waals surface area contributed by atoms with Crippen molar-refractivity contribution in [3.63, 3.8) is 0 Å². The van der Waals surface area contributed by atoms with E-state index in [4.69, 9.17) is 9.47 Å². The fourth-order valence-corrected chi connectivity index (χ4v) is 3.40. The molecule has 0 aliphatic carbocycles. The number of benzene rings is 2. The molecule has 0 bridgehead atoms. The minimum Gasteiger partial charge on any atom is -0.493 e. The predicted octanol–water partition coefficient (Wildman–Crippen LogP) is 3.24. The zero-order valence-corrected chi connectivity index (χ0v) is 14.4. The molecule has 1 heterocycles. The standard InChI is InChI=1S/C20H23NO3/c1-14(22)21-10-9-16-11-19(23-2)20(24-3)12-17(16)18(13-21)15-7-5-4-6-8-15/h4-8,11-12,18H,9-10,13H2,1-3H3. The van der Waals surface area contributed by atoms with Gasteiger partial charge in [0.05, 0.1) is 14.2 Å². The first kappa shape index (κ1) is 16.4. The van der Waals surface area contributed by atoms with E-state index in [0.29, 0.717) is 6.54 Å². The minimum atomic E-state index is 0.114. The average Bonchev–Trinajstić information content (AvgIpc) is 2.80. The van der Waals surface area contributed by atoms with Gasteiger partial charge in [-0.1, -0.05) is 30.3 Å². The van der Waals surface area contributed by atoms with E-state index in [1.807, 2.05) is 29.2 Å². The van der Waals surface area contributed by atoms with Crippen LogP contribution in [-0.4, -0.2) is 38.1 Å². The Bertz CT molecular complexity index is 727. The van der Waals surface area contributed by atoms with Gasteiger partial charge < -0.3 is 14.4 Å². The van der Waals surface area contributed by atoms with E-state index in [-0.39, 0.29) is 11.8 Å². The van der Waals surface area contributed by atoms with Crippen LogP contribution in [0.1, 0.15) is 29.5 Å². The second-order valence-electron chi connectivity index (χ2n) is 6.08. The summed E-state index contributed by atoms with van der Waals surface area (Å²) >= 11 is 0. The molecule has 1 unspecified atom stereocenters. The number of carbonyl (C=O) groups excluding carboxylic acids is 1. The van der Waals surface area contributed by atoms with Crippen molar-refractivity contribution in [3.05, 3.63) is 59.2 Å². The van der Waals surface area contributed by atoms with E-state index in [0.717, 1.165) is 24.5 Å². The number of methoxy groups -OCH3 is 2. The molecule has 0 saturated heterocycles. The SMILES string of the molecule is COc1cc2c(cc1OC)C(c1ccccc1)CN(C(C)=O)CC2. The Morgan fingerprint density at radius 3 is 2.38 bits per heavy atom. The van der Waals surface area contributed by atoms with Crippen LogP contribution in [0.5, 0.6) is 11.5 Å². The number of fused-ring (bicyclic) bond motifs is 1. The van der Waals surface area contributed by atoms with Gasteiger partial charge >= 0.3 is 0 Å². The predicted molar refractivity (Wildman–Crippen MR) is 93.8 cm³/mol. The fraction of sp³-hybridized carbons (Fsp3) is 0.350. The Morgan fingerprint density at radius 1 is 1.08 bits per heavy atom. The monoisotopic (exact) mass is 325 g/mol. The van der Waals surface area contributed by atoms with Crippen molar-refractivity contribution in [3.8, 4) is 11.5 Å². The molecule has 0 spiro atoms. The first-order chi connectivity index (χ1) is 11.6. The van der Waals surface area contributed by atoms with Gasteiger partial charge in [0.25, 0.3) is 0 Å². The molecule has 2 aromatic carbocycles. The zero-order valence-electron chi connectivity index (χ0n) is 14.4. The average molecular weight is 325 g/mol. The van der Waals surface area contributed by atoms with Crippen molar-refractivity contribution in [2.45, 2.75) is 19.3 Å². The first-order valence-electron chi connectivity index (χ1n) is 8.19. The van der Waals surface area contributed by atoms with E-state index in [1.165, 1.54) is 16.7 Å². The number of hydrogen-bond acceptors (Lipinski definition) is 3. The molecule has 1 aliphatic rings. The van der Waals surface area contributed by atoms with E-state index in [2.05, 4.69) is 18.2 Å². The Hall–Kier alpha value is -2.49. The highest BCUT2D eigenvalue weighted by Gasteiger charge is 2.27. The fourth-order valence-electron chi connectivity index (χ4n) is 3.40. The van der Waals surface area contributed by atoms with Crippen molar-refractivity contribution in [2.24, 2.45) is 0 Å². The van der Waals surface area contributed by atoms with Crippen LogP contribution < -0.4 is 9.47 Å². The summed E-state index contributed by atoms with van der Waals surface area (Å²) < 4.78 is 10.9. The smallest absolute Gasteiger partial charge is 0.219 e. The highest BCUT2D eigenvalue weighted by molar-refractivity contribution is 5.73. The number of amides is 1. The normalized spacial score (nSPS) is 17.0. The molecule has 1 amide bonds. The van der Waals surface area contributed by atoms with Gasteiger partial charge in [0.15, 0.2) is 11.5 Å². The van der Waals surface area contributed by atoms with Crippen molar-refractivity contribution in [1.29, 1.82) is 0 Å². The largest absolute Gasteiger partial charge is 0.493 e. The van der Waals surface area contributed by atoms with Crippen molar-refractivity contribution in [1.82, 2.24) is 4.90 Å². The van der Waals surface area contributed by atoms with Gasteiger partial charge in [0.1, 0.15) is 0 Å². The van der Waals surface area contributed by atoms with Gasteiger partial charge in [-0.2, -0.15) is 0 Å². The third-order valence-corrected chi connectivity index (χ3v) is 4.72. The van der Waals surface area contributed by atoms with Crippen LogP contribution in [-0.2, 0) is 11.2 Å². The van der Waals surface area contributed by atoms with Crippen LogP contribution in [0.15, 0.2) is 42.5 Å². The number of rotatable bonds is 3. The lowest BCUT2D eigenvalue weighted by Crippen LogP contribution is -2.33. The molecule has 0 radical (unpaired) electrons. The molecular weight excluding hydrogens is 302 g/mol. The van der Waals surface area contributed by atoms with Crippen LogP contribution in [0.3, 0.4) is 0 Å². The number of nitrogens with zero attached hydrogens (tertiary/aromatic N) is 1. The molecule has 0 fully saturated rings. The molecule has 2 aromatic rings. The third kappa shape index (κ3) is 3.09. The third-order valence-electron chi connectivity index (χ3n) is 4.72. The molecule has 0 aromatic heterocycles. The maximum atomic E-state index is 12.0. The summed E-state index contributed by atoms with van der Waals surface area (Å²) in [5, 5.41) is 0. The molecule has 0 saturated carbocycles. The lowest BCUT2D eigenvalue weighted by atomic mass is 9.87. The Kier molecular flexibility index (Phi) is 4.74. The second kappa shape index (κ2) is 6.95. The first-order valence-corrected chi connectivity index (χ1v) is 8.19. The molecule has 0 N–H and O–H groups in total. The van der Waals surface area contributed by atoms with Gasteiger partial charge in [-0.3, -0.25) is 4.79 Å². The maximum absolute atomic E-state index is 12.0. The molecule has 4 heteroatoms. The topological polar surface area (TPSA) is 38.8 Å². The summed E-state index contributed by atoms with van der Waals surface area (Å²) in [5.74, 6) is 1.71. The molecule has 126 valence electrons. The minimum absolute atomic E-state index is 0.114. The lowest BCUT2D eigenvalue weighted by molar-refractivity contribution is -0.128. The molecule has 24 heavy (non-hydrogen) atoms. The van der Waals surface area contributed by atoms with Gasteiger partial charge in [-0.25, -0.2) is 0 Å². The Labute approximate surface area is 143 Å². The number of ether oxygens (including phenoxy) is 2. The molecule has 4 nitrogen and oxygen atoms in total. The quantitative estimate of drug-likeness (QED) is 0.869. The van der Waals surface area contributed by atoms with Crippen LogP contribution in [0.4, 0.5) is 0 Å². The highest BCUT2D eigenvalue weighted by Crippen LogP contribution is 2.38. The van der Waals surface area contributed by atoms with Gasteiger partial charge in [-0.15, -0.1) is 0 Å². The van der Waals surface area contributed by atoms with E-state index in [1.54, 1.807) is 21.1 Å². The zero-order chi connectivity index (χ0) is 17.1. The van der Waals surface area contributed by atoms with Gasteiger partial charge in [-0.05, 0) is 35.2 Å². The molecule has 3 rings (SSSR count). The van der Waals surface area contributed by atoms with E-state index < -0.39 is 0 Å². The maximum Gasteiger partial charge on any atom is 0.219 e. The lowest BCUT2D eigenvalue weighted by Gasteiger charge is -2.25. The van der Waals surface area contributed by atoms with Crippen LogP contribution in [0, 0.1) is 0 Å². The Balaban J connectivity index is 2.13. The summed E-state index contributed by atoms with van der Waals surface area (Å²) in [4.78, 5) is 13.9. The molecule has 1 atom stereocenters. The Morgan fingerprint density at radius 2 is 1.75 bits per heavy atom. The molecule has 1 aliphatic heterocycles. The molecular formula is C20H23NO3.